The zero-order chi connectivity index (χ0) is 17.4. The summed E-state index contributed by atoms with van der Waals surface area (Å²) >= 11 is 0. The van der Waals surface area contributed by atoms with E-state index < -0.39 is 23.6 Å². The molecular formula is C15H8F6N2. The molecule has 0 saturated carbocycles. The molecule has 0 fully saturated rings. The predicted molar refractivity (Wildman–Crippen MR) is 69.1 cm³/mol. The maximum absolute atomic E-state index is 12.8. The summed E-state index contributed by atoms with van der Waals surface area (Å²) < 4.78 is 76.1. The molecule has 0 aliphatic rings. The maximum Gasteiger partial charge on any atom is 0.433 e. The largest absolute Gasteiger partial charge is 0.433 e. The topological polar surface area (TPSA) is 36.7 Å². The highest BCUT2D eigenvalue weighted by Gasteiger charge is 2.34. The Labute approximate surface area is 127 Å². The first-order chi connectivity index (χ1) is 10.5. The highest BCUT2D eigenvalue weighted by Crippen LogP contribution is 2.35. The van der Waals surface area contributed by atoms with Crippen LogP contribution in [0.15, 0.2) is 30.3 Å². The van der Waals surface area contributed by atoms with Gasteiger partial charge in [-0.3, -0.25) is 0 Å². The van der Waals surface area contributed by atoms with Gasteiger partial charge in [-0.15, -0.1) is 0 Å². The van der Waals surface area contributed by atoms with E-state index >= 15 is 0 Å². The Hall–Kier alpha value is -2.56. The summed E-state index contributed by atoms with van der Waals surface area (Å²) in [5.74, 6) is 0. The molecular weight excluding hydrogens is 322 g/mol. The summed E-state index contributed by atoms with van der Waals surface area (Å²) in [5.41, 5.74) is -2.42. The normalized spacial score (nSPS) is 12.1. The van der Waals surface area contributed by atoms with E-state index in [0.717, 1.165) is 24.3 Å². The highest BCUT2D eigenvalue weighted by molar-refractivity contribution is 5.72. The first kappa shape index (κ1) is 16.8. The molecule has 0 amide bonds. The van der Waals surface area contributed by atoms with Gasteiger partial charge in [0, 0.05) is 5.56 Å². The minimum Gasteiger partial charge on any atom is -0.247 e. The standard InChI is InChI=1S/C15H8F6N2/c1-8-12(7-22)11(6-13(23-8)15(19,20)21)9-2-4-10(5-3-9)14(16,17)18/h2-6H,1H3. The van der Waals surface area contributed by atoms with Crippen LogP contribution in [0.5, 0.6) is 0 Å². The zero-order valence-electron chi connectivity index (χ0n) is 11.5. The fourth-order valence-corrected chi connectivity index (χ4v) is 2.03. The van der Waals surface area contributed by atoms with Crippen LogP contribution in [-0.4, -0.2) is 4.98 Å². The molecule has 8 heteroatoms. The number of rotatable bonds is 1. The van der Waals surface area contributed by atoms with E-state index in [1.54, 1.807) is 6.07 Å². The lowest BCUT2D eigenvalue weighted by Crippen LogP contribution is -2.10. The predicted octanol–water partition coefficient (Wildman–Crippen LogP) is 4.97. The second-order valence-electron chi connectivity index (χ2n) is 4.70. The molecule has 1 aromatic heterocycles. The number of aryl methyl sites for hydroxylation is 1. The minimum atomic E-state index is -4.72. The molecule has 0 radical (unpaired) electrons. The summed E-state index contributed by atoms with van der Waals surface area (Å²) in [6, 6.07) is 5.95. The third-order valence-corrected chi connectivity index (χ3v) is 3.13. The van der Waals surface area contributed by atoms with Crippen molar-refractivity contribution in [1.82, 2.24) is 4.98 Å². The van der Waals surface area contributed by atoms with E-state index in [1.165, 1.54) is 6.92 Å². The number of nitriles is 1. The third kappa shape index (κ3) is 3.44. The van der Waals surface area contributed by atoms with Crippen LogP contribution in [0.25, 0.3) is 11.1 Å². The maximum atomic E-state index is 12.8. The second kappa shape index (κ2) is 5.57. The lowest BCUT2D eigenvalue weighted by molar-refractivity contribution is -0.141. The number of benzene rings is 1. The molecule has 1 heterocycles. The number of hydrogen-bond donors (Lipinski definition) is 0. The SMILES string of the molecule is Cc1nc(C(F)(F)F)cc(-c2ccc(C(F)(F)F)cc2)c1C#N. The summed E-state index contributed by atoms with van der Waals surface area (Å²) in [6.45, 7) is 1.24. The average Bonchev–Trinajstić information content (AvgIpc) is 2.44. The van der Waals surface area contributed by atoms with Crippen LogP contribution in [0.3, 0.4) is 0 Å². The molecule has 0 unspecified atom stereocenters. The first-order valence-electron chi connectivity index (χ1n) is 6.20. The van der Waals surface area contributed by atoms with E-state index in [-0.39, 0.29) is 22.4 Å². The van der Waals surface area contributed by atoms with Crippen LogP contribution in [0.2, 0.25) is 0 Å². The molecule has 0 saturated heterocycles. The van der Waals surface area contributed by atoms with Crippen molar-refractivity contribution in [2.24, 2.45) is 0 Å². The lowest BCUT2D eigenvalue weighted by atomic mass is 9.97. The number of alkyl halides is 6. The zero-order valence-corrected chi connectivity index (χ0v) is 11.5. The Balaban J connectivity index is 2.62. The van der Waals surface area contributed by atoms with Crippen molar-refractivity contribution in [3.8, 4) is 17.2 Å². The van der Waals surface area contributed by atoms with E-state index in [9.17, 15) is 26.3 Å². The molecule has 1 aromatic carbocycles. The van der Waals surface area contributed by atoms with Gasteiger partial charge in [-0.2, -0.15) is 31.6 Å². The van der Waals surface area contributed by atoms with E-state index in [2.05, 4.69) is 4.98 Å². The lowest BCUT2D eigenvalue weighted by Gasteiger charge is -2.13. The van der Waals surface area contributed by atoms with E-state index in [0.29, 0.717) is 6.07 Å². The molecule has 2 aromatic rings. The van der Waals surface area contributed by atoms with Crippen molar-refractivity contribution >= 4 is 0 Å². The van der Waals surface area contributed by atoms with Gasteiger partial charge in [0.15, 0.2) is 0 Å². The van der Waals surface area contributed by atoms with Gasteiger partial charge in [0.1, 0.15) is 11.8 Å². The van der Waals surface area contributed by atoms with Crippen molar-refractivity contribution in [2.75, 3.05) is 0 Å². The molecule has 23 heavy (non-hydrogen) atoms. The van der Waals surface area contributed by atoms with Crippen molar-refractivity contribution < 1.29 is 26.3 Å². The molecule has 0 aliphatic carbocycles. The molecule has 0 bridgehead atoms. The molecule has 2 nitrogen and oxygen atoms in total. The van der Waals surface area contributed by atoms with Gasteiger partial charge in [0.2, 0.25) is 0 Å². The van der Waals surface area contributed by atoms with Gasteiger partial charge in [-0.05, 0) is 30.7 Å². The van der Waals surface area contributed by atoms with E-state index in [4.69, 9.17) is 5.26 Å². The fourth-order valence-electron chi connectivity index (χ4n) is 2.03. The third-order valence-electron chi connectivity index (χ3n) is 3.13. The number of pyridine rings is 1. The van der Waals surface area contributed by atoms with Gasteiger partial charge >= 0.3 is 12.4 Å². The molecule has 0 aliphatic heterocycles. The van der Waals surface area contributed by atoms with E-state index in [1.807, 2.05) is 0 Å². The van der Waals surface area contributed by atoms with Crippen LogP contribution in [-0.2, 0) is 12.4 Å². The van der Waals surface area contributed by atoms with Crippen LogP contribution in [0.4, 0.5) is 26.3 Å². The summed E-state index contributed by atoms with van der Waals surface area (Å²) in [6.07, 6.45) is -9.28. The quantitative estimate of drug-likeness (QED) is 0.693. The smallest absolute Gasteiger partial charge is 0.247 e. The van der Waals surface area contributed by atoms with Crippen LogP contribution in [0.1, 0.15) is 22.5 Å². The molecule has 0 N–H and O–H groups in total. The number of nitrogens with zero attached hydrogens (tertiary/aromatic N) is 2. The summed E-state index contributed by atoms with van der Waals surface area (Å²) in [4.78, 5) is 3.33. The van der Waals surface area contributed by atoms with Gasteiger partial charge in [0.25, 0.3) is 0 Å². The van der Waals surface area contributed by atoms with Crippen molar-refractivity contribution in [3.05, 3.63) is 52.8 Å². The van der Waals surface area contributed by atoms with Gasteiger partial charge < -0.3 is 0 Å². The molecule has 0 atom stereocenters. The Kier molecular flexibility index (Phi) is 4.07. The Morgan fingerprint density at radius 3 is 1.96 bits per heavy atom. The van der Waals surface area contributed by atoms with Gasteiger partial charge in [-0.25, -0.2) is 4.98 Å². The summed E-state index contributed by atoms with van der Waals surface area (Å²) in [5, 5.41) is 9.09. The van der Waals surface area contributed by atoms with Crippen molar-refractivity contribution in [3.63, 3.8) is 0 Å². The number of aromatic nitrogens is 1. The Morgan fingerprint density at radius 1 is 0.957 bits per heavy atom. The fraction of sp³-hybridized carbons (Fsp3) is 0.200. The van der Waals surface area contributed by atoms with Crippen LogP contribution in [0, 0.1) is 18.3 Å². The molecule has 120 valence electrons. The highest BCUT2D eigenvalue weighted by atomic mass is 19.4. The number of hydrogen-bond acceptors (Lipinski definition) is 2. The van der Waals surface area contributed by atoms with Gasteiger partial charge in [0.05, 0.1) is 16.8 Å². The molecule has 0 spiro atoms. The summed E-state index contributed by atoms with van der Waals surface area (Å²) in [7, 11) is 0. The minimum absolute atomic E-state index is 0.0746. The number of halogens is 6. The Bertz CT molecular complexity index is 767. The average molecular weight is 330 g/mol. The van der Waals surface area contributed by atoms with Crippen LogP contribution >= 0.6 is 0 Å². The van der Waals surface area contributed by atoms with Crippen LogP contribution < -0.4 is 0 Å². The molecule has 2 rings (SSSR count). The Morgan fingerprint density at radius 2 is 1.52 bits per heavy atom. The monoisotopic (exact) mass is 330 g/mol. The van der Waals surface area contributed by atoms with Gasteiger partial charge in [-0.1, -0.05) is 12.1 Å². The van der Waals surface area contributed by atoms with Crippen molar-refractivity contribution in [1.29, 1.82) is 5.26 Å². The van der Waals surface area contributed by atoms with Crippen molar-refractivity contribution in [2.45, 2.75) is 19.3 Å². The first-order valence-corrected chi connectivity index (χ1v) is 6.20. The second-order valence-corrected chi connectivity index (χ2v) is 4.70.